The van der Waals surface area contributed by atoms with Crippen LogP contribution in [0.15, 0.2) is 52.9 Å². The highest BCUT2D eigenvalue weighted by Gasteiger charge is 2.09. The Morgan fingerprint density at radius 2 is 1.95 bits per heavy atom. The van der Waals surface area contributed by atoms with Crippen LogP contribution in [-0.2, 0) is 0 Å². The Labute approximate surface area is 119 Å². The van der Waals surface area contributed by atoms with Gasteiger partial charge in [-0.15, -0.1) is 0 Å². The van der Waals surface area contributed by atoms with Crippen molar-refractivity contribution in [3.63, 3.8) is 0 Å². The molecule has 3 aromatic rings. The number of nitrogens with zero attached hydrogens (tertiary/aromatic N) is 3. The summed E-state index contributed by atoms with van der Waals surface area (Å²) in [5.41, 5.74) is 7.33. The van der Waals surface area contributed by atoms with Gasteiger partial charge in [0.25, 0.3) is 0 Å². The van der Waals surface area contributed by atoms with Gasteiger partial charge in [0.2, 0.25) is 0 Å². The van der Waals surface area contributed by atoms with E-state index in [1.807, 2.05) is 18.2 Å². The Hall–Kier alpha value is -1.85. The molecule has 0 amide bonds. The van der Waals surface area contributed by atoms with Crippen molar-refractivity contribution < 1.29 is 0 Å². The van der Waals surface area contributed by atoms with Crippen molar-refractivity contribution in [3.05, 3.63) is 47.9 Å². The number of halogens is 1. The molecule has 94 valence electrons. The van der Waals surface area contributed by atoms with Crippen LogP contribution in [0.5, 0.6) is 0 Å². The molecule has 19 heavy (non-hydrogen) atoms. The third-order valence-corrected chi connectivity index (χ3v) is 4.00. The van der Waals surface area contributed by atoms with E-state index in [4.69, 9.17) is 17.3 Å². The van der Waals surface area contributed by atoms with Gasteiger partial charge < -0.3 is 5.73 Å². The first-order valence-corrected chi connectivity index (χ1v) is 6.72. The van der Waals surface area contributed by atoms with Crippen LogP contribution < -0.4 is 5.73 Å². The minimum absolute atomic E-state index is 0.600. The summed E-state index contributed by atoms with van der Waals surface area (Å²) in [4.78, 5) is 12.7. The number of aromatic nitrogens is 3. The summed E-state index contributed by atoms with van der Waals surface area (Å²) in [5, 5.41) is 3.00. The van der Waals surface area contributed by atoms with Crippen LogP contribution in [0.25, 0.3) is 10.9 Å². The molecular weight excluding hydrogens is 280 g/mol. The molecule has 0 aliphatic carbocycles. The lowest BCUT2D eigenvalue weighted by Gasteiger charge is -2.05. The molecule has 0 fully saturated rings. The number of benzene rings is 1. The molecule has 4 nitrogen and oxygen atoms in total. The van der Waals surface area contributed by atoms with Gasteiger partial charge in [0, 0.05) is 17.3 Å². The van der Waals surface area contributed by atoms with Crippen LogP contribution in [0.2, 0.25) is 5.02 Å². The highest BCUT2D eigenvalue weighted by atomic mass is 35.5. The molecule has 0 aliphatic heterocycles. The van der Waals surface area contributed by atoms with Crippen LogP contribution >= 0.6 is 23.4 Å². The van der Waals surface area contributed by atoms with Crippen LogP contribution in [0.4, 0.5) is 5.69 Å². The van der Waals surface area contributed by atoms with E-state index in [0.29, 0.717) is 15.7 Å². The van der Waals surface area contributed by atoms with E-state index in [0.717, 1.165) is 15.9 Å². The van der Waals surface area contributed by atoms with Crippen molar-refractivity contribution in [2.75, 3.05) is 5.73 Å². The minimum atomic E-state index is 0.600. The summed E-state index contributed by atoms with van der Waals surface area (Å²) in [7, 11) is 0. The summed E-state index contributed by atoms with van der Waals surface area (Å²) in [6, 6.07) is 9.14. The summed E-state index contributed by atoms with van der Waals surface area (Å²) in [6.45, 7) is 0. The average Bonchev–Trinajstić information content (AvgIpc) is 2.42. The zero-order valence-corrected chi connectivity index (χ0v) is 11.3. The summed E-state index contributed by atoms with van der Waals surface area (Å²) < 4.78 is 0. The van der Waals surface area contributed by atoms with Crippen LogP contribution in [0, 0.1) is 0 Å². The Kier molecular flexibility index (Phi) is 3.23. The highest BCUT2D eigenvalue weighted by Crippen LogP contribution is 2.34. The van der Waals surface area contributed by atoms with Gasteiger partial charge in [0.1, 0.15) is 16.4 Å². The second-order valence-corrected chi connectivity index (χ2v) is 5.23. The SMILES string of the molecule is Nc1ccc2ncnc(Sc3ncccc3Cl)c2c1. The number of nitrogens with two attached hydrogens (primary N) is 1. The van der Waals surface area contributed by atoms with Crippen molar-refractivity contribution in [2.24, 2.45) is 0 Å². The normalized spacial score (nSPS) is 10.8. The number of hydrogen-bond acceptors (Lipinski definition) is 5. The van der Waals surface area contributed by atoms with Crippen LogP contribution in [0.3, 0.4) is 0 Å². The molecule has 2 N–H and O–H groups in total. The van der Waals surface area contributed by atoms with E-state index < -0.39 is 0 Å². The monoisotopic (exact) mass is 288 g/mol. The van der Waals surface area contributed by atoms with E-state index in [2.05, 4.69) is 15.0 Å². The first kappa shape index (κ1) is 12.2. The molecule has 1 aromatic carbocycles. The maximum Gasteiger partial charge on any atom is 0.121 e. The van der Waals surface area contributed by atoms with Crippen molar-refractivity contribution in [2.45, 2.75) is 10.1 Å². The Morgan fingerprint density at radius 3 is 2.79 bits per heavy atom. The molecule has 2 aromatic heterocycles. The van der Waals surface area contributed by atoms with Crippen LogP contribution in [-0.4, -0.2) is 15.0 Å². The maximum atomic E-state index is 6.11. The molecule has 0 radical (unpaired) electrons. The molecule has 0 saturated carbocycles. The zero-order chi connectivity index (χ0) is 13.2. The van der Waals surface area contributed by atoms with Gasteiger partial charge >= 0.3 is 0 Å². The van der Waals surface area contributed by atoms with Gasteiger partial charge in [0.05, 0.1) is 10.5 Å². The Balaban J connectivity index is 2.10. The van der Waals surface area contributed by atoms with Gasteiger partial charge in [-0.3, -0.25) is 0 Å². The predicted molar refractivity (Wildman–Crippen MR) is 77.3 cm³/mol. The van der Waals surface area contributed by atoms with Gasteiger partial charge in [-0.25, -0.2) is 15.0 Å². The number of fused-ring (bicyclic) bond motifs is 1. The maximum absolute atomic E-state index is 6.11. The van der Waals surface area contributed by atoms with Crippen molar-refractivity contribution in [1.29, 1.82) is 0 Å². The lowest BCUT2D eigenvalue weighted by molar-refractivity contribution is 1.08. The predicted octanol–water partition coefficient (Wildman–Crippen LogP) is 3.41. The largest absolute Gasteiger partial charge is 0.399 e. The lowest BCUT2D eigenvalue weighted by Crippen LogP contribution is -1.91. The van der Waals surface area contributed by atoms with Crippen LogP contribution in [0.1, 0.15) is 0 Å². The number of nitrogen functional groups attached to an aromatic ring is 1. The average molecular weight is 289 g/mol. The topological polar surface area (TPSA) is 64.7 Å². The molecule has 6 heteroatoms. The van der Waals surface area contributed by atoms with E-state index in [9.17, 15) is 0 Å². The number of rotatable bonds is 2. The summed E-state index contributed by atoms with van der Waals surface area (Å²) >= 11 is 7.51. The van der Waals surface area contributed by atoms with E-state index in [1.54, 1.807) is 18.3 Å². The van der Waals surface area contributed by atoms with Gasteiger partial charge in [0.15, 0.2) is 0 Å². The number of pyridine rings is 1. The van der Waals surface area contributed by atoms with E-state index in [-0.39, 0.29) is 0 Å². The van der Waals surface area contributed by atoms with Crippen molar-refractivity contribution in [3.8, 4) is 0 Å². The fraction of sp³-hybridized carbons (Fsp3) is 0. The quantitative estimate of drug-likeness (QED) is 0.578. The third-order valence-electron chi connectivity index (χ3n) is 2.54. The Morgan fingerprint density at radius 1 is 1.05 bits per heavy atom. The third kappa shape index (κ3) is 2.47. The number of anilines is 1. The van der Waals surface area contributed by atoms with E-state index >= 15 is 0 Å². The smallest absolute Gasteiger partial charge is 0.121 e. The van der Waals surface area contributed by atoms with Crippen molar-refractivity contribution in [1.82, 2.24) is 15.0 Å². The lowest BCUT2D eigenvalue weighted by atomic mass is 10.2. The highest BCUT2D eigenvalue weighted by molar-refractivity contribution is 7.99. The molecular formula is C13H9ClN4S. The fourth-order valence-corrected chi connectivity index (χ4v) is 2.74. The number of hydrogen-bond donors (Lipinski definition) is 1. The summed E-state index contributed by atoms with van der Waals surface area (Å²) in [6.07, 6.45) is 3.23. The standard InChI is InChI=1S/C13H9ClN4S/c14-10-2-1-5-16-13(10)19-12-9-6-8(15)3-4-11(9)17-7-18-12/h1-7H,15H2. The molecule has 0 atom stereocenters. The molecule has 0 bridgehead atoms. The second-order valence-electron chi connectivity index (χ2n) is 3.85. The van der Waals surface area contributed by atoms with Gasteiger partial charge in [-0.05, 0) is 42.1 Å². The molecule has 0 aliphatic rings. The molecule has 0 unspecified atom stereocenters. The van der Waals surface area contributed by atoms with Crippen molar-refractivity contribution >= 4 is 40.0 Å². The zero-order valence-electron chi connectivity index (χ0n) is 9.75. The molecule has 0 saturated heterocycles. The second kappa shape index (κ2) is 5.03. The molecule has 2 heterocycles. The minimum Gasteiger partial charge on any atom is -0.399 e. The van der Waals surface area contributed by atoms with Gasteiger partial charge in [-0.1, -0.05) is 11.6 Å². The van der Waals surface area contributed by atoms with Gasteiger partial charge in [-0.2, -0.15) is 0 Å². The first-order valence-electron chi connectivity index (χ1n) is 5.52. The summed E-state index contributed by atoms with van der Waals surface area (Å²) in [5.74, 6) is 0. The fourth-order valence-electron chi connectivity index (χ4n) is 1.67. The Bertz CT molecular complexity index is 748. The first-order chi connectivity index (χ1) is 9.24. The molecule has 0 spiro atoms. The molecule has 3 rings (SSSR count). The van der Waals surface area contributed by atoms with E-state index in [1.165, 1.54) is 18.1 Å².